The molecule has 0 unspecified atom stereocenters. The lowest BCUT2D eigenvalue weighted by Gasteiger charge is -2.15. The Labute approximate surface area is 152 Å². The maximum absolute atomic E-state index is 13.7. The lowest BCUT2D eigenvalue weighted by molar-refractivity contribution is -0.116. The number of pyridine rings is 1. The van der Waals surface area contributed by atoms with Crippen LogP contribution in [0.2, 0.25) is 0 Å². The average molecular weight is 364 g/mol. The number of nitrogens with one attached hydrogen (secondary N) is 1. The number of rotatable bonds is 3. The molecule has 0 aliphatic carbocycles. The van der Waals surface area contributed by atoms with Gasteiger partial charge in [-0.05, 0) is 54.6 Å². The van der Waals surface area contributed by atoms with Gasteiger partial charge in [0.05, 0.1) is 11.0 Å². The Kier molecular flexibility index (Phi) is 4.16. The standard InChI is InChI=1S/C21H14F2N2O2/c22-13-5-8-15(9-6-13)24-20(26)12-25-18-4-2-1-3-16(18)21(27)17-11-14(23)7-10-19(17)25/h1-11H,12H2,(H,24,26). The van der Waals surface area contributed by atoms with Crippen LogP contribution in [0.25, 0.3) is 21.8 Å². The van der Waals surface area contributed by atoms with E-state index in [4.69, 9.17) is 0 Å². The molecular weight excluding hydrogens is 350 g/mol. The summed E-state index contributed by atoms with van der Waals surface area (Å²) >= 11 is 0. The molecule has 0 radical (unpaired) electrons. The third kappa shape index (κ3) is 3.17. The highest BCUT2D eigenvalue weighted by atomic mass is 19.1. The van der Waals surface area contributed by atoms with Gasteiger partial charge in [-0.2, -0.15) is 0 Å². The second kappa shape index (κ2) is 6.64. The first kappa shape index (κ1) is 16.9. The van der Waals surface area contributed by atoms with Crippen molar-refractivity contribution in [1.82, 2.24) is 4.57 Å². The number of hydrogen-bond donors (Lipinski definition) is 1. The van der Waals surface area contributed by atoms with Gasteiger partial charge >= 0.3 is 0 Å². The van der Waals surface area contributed by atoms with E-state index in [1.54, 1.807) is 28.8 Å². The molecule has 4 rings (SSSR count). The second-order valence-corrected chi connectivity index (χ2v) is 6.15. The van der Waals surface area contributed by atoms with Crippen molar-refractivity contribution in [3.8, 4) is 0 Å². The minimum Gasteiger partial charge on any atom is -0.331 e. The van der Waals surface area contributed by atoms with E-state index < -0.39 is 11.6 Å². The quantitative estimate of drug-likeness (QED) is 0.557. The van der Waals surface area contributed by atoms with Crippen molar-refractivity contribution in [2.75, 3.05) is 5.32 Å². The largest absolute Gasteiger partial charge is 0.331 e. The third-order valence-electron chi connectivity index (χ3n) is 4.36. The molecule has 0 aliphatic rings. The number of nitrogens with zero attached hydrogens (tertiary/aromatic N) is 1. The zero-order valence-electron chi connectivity index (χ0n) is 14.1. The predicted octanol–water partition coefficient (Wildman–Crippen LogP) is 4.07. The Morgan fingerprint density at radius 1 is 0.852 bits per heavy atom. The molecule has 134 valence electrons. The van der Waals surface area contributed by atoms with Gasteiger partial charge in [0, 0.05) is 16.5 Å². The van der Waals surface area contributed by atoms with Gasteiger partial charge in [0.15, 0.2) is 5.43 Å². The second-order valence-electron chi connectivity index (χ2n) is 6.15. The zero-order valence-corrected chi connectivity index (χ0v) is 14.1. The normalized spacial score (nSPS) is 11.0. The van der Waals surface area contributed by atoms with Crippen LogP contribution in [0.5, 0.6) is 0 Å². The van der Waals surface area contributed by atoms with Crippen molar-refractivity contribution in [2.45, 2.75) is 6.54 Å². The number of carbonyl (C=O) groups excluding carboxylic acids is 1. The van der Waals surface area contributed by atoms with E-state index in [1.807, 2.05) is 0 Å². The van der Waals surface area contributed by atoms with Crippen molar-refractivity contribution in [1.29, 1.82) is 0 Å². The molecule has 0 saturated carbocycles. The van der Waals surface area contributed by atoms with E-state index in [9.17, 15) is 18.4 Å². The summed E-state index contributed by atoms with van der Waals surface area (Å²) in [6.45, 7) is -0.0830. The molecule has 0 saturated heterocycles. The summed E-state index contributed by atoms with van der Waals surface area (Å²) in [5.41, 5.74) is 1.22. The minimum atomic E-state index is -0.516. The Morgan fingerprint density at radius 3 is 2.30 bits per heavy atom. The number of hydrogen-bond acceptors (Lipinski definition) is 2. The van der Waals surface area contributed by atoms with Crippen LogP contribution in [-0.2, 0) is 11.3 Å². The lowest BCUT2D eigenvalue weighted by Crippen LogP contribution is -2.21. The molecule has 4 nitrogen and oxygen atoms in total. The highest BCUT2D eigenvalue weighted by Crippen LogP contribution is 2.20. The summed E-state index contributed by atoms with van der Waals surface area (Å²) in [6.07, 6.45) is 0. The van der Waals surface area contributed by atoms with Gasteiger partial charge < -0.3 is 9.88 Å². The topological polar surface area (TPSA) is 51.1 Å². The molecule has 0 spiro atoms. The Balaban J connectivity index is 1.81. The molecule has 1 aromatic heterocycles. The number of halogens is 2. The molecule has 0 atom stereocenters. The molecule has 1 N–H and O–H groups in total. The van der Waals surface area contributed by atoms with Gasteiger partial charge in [-0.1, -0.05) is 12.1 Å². The third-order valence-corrected chi connectivity index (χ3v) is 4.36. The molecule has 4 aromatic rings. The van der Waals surface area contributed by atoms with Crippen LogP contribution in [0.3, 0.4) is 0 Å². The first-order chi connectivity index (χ1) is 13.0. The first-order valence-corrected chi connectivity index (χ1v) is 8.29. The maximum atomic E-state index is 13.7. The van der Waals surface area contributed by atoms with Crippen LogP contribution < -0.4 is 10.7 Å². The highest BCUT2D eigenvalue weighted by molar-refractivity contribution is 5.97. The van der Waals surface area contributed by atoms with Gasteiger partial charge in [-0.25, -0.2) is 8.78 Å². The van der Waals surface area contributed by atoms with E-state index in [-0.39, 0.29) is 23.3 Å². The summed E-state index contributed by atoms with van der Waals surface area (Å²) in [4.78, 5) is 25.2. The van der Waals surface area contributed by atoms with Crippen molar-refractivity contribution in [3.63, 3.8) is 0 Å². The Hall–Kier alpha value is -3.54. The van der Waals surface area contributed by atoms with Crippen molar-refractivity contribution in [3.05, 3.63) is 88.6 Å². The van der Waals surface area contributed by atoms with Gasteiger partial charge in [-0.3, -0.25) is 9.59 Å². The summed E-state index contributed by atoms with van der Waals surface area (Å²) in [6, 6.07) is 16.2. The van der Waals surface area contributed by atoms with E-state index >= 15 is 0 Å². The number of para-hydroxylation sites is 1. The number of aromatic nitrogens is 1. The zero-order chi connectivity index (χ0) is 19.0. The molecule has 6 heteroatoms. The summed E-state index contributed by atoms with van der Waals surface area (Å²) in [5, 5.41) is 3.31. The van der Waals surface area contributed by atoms with Crippen molar-refractivity contribution >= 4 is 33.4 Å². The minimum absolute atomic E-state index is 0.0830. The predicted molar refractivity (Wildman–Crippen MR) is 101 cm³/mol. The van der Waals surface area contributed by atoms with Crippen LogP contribution in [0.15, 0.2) is 71.5 Å². The Bertz CT molecular complexity index is 1230. The molecule has 0 fully saturated rings. The Morgan fingerprint density at radius 2 is 1.52 bits per heavy atom. The molecule has 1 heterocycles. The monoisotopic (exact) mass is 364 g/mol. The maximum Gasteiger partial charge on any atom is 0.244 e. The summed E-state index contributed by atoms with van der Waals surface area (Å²) in [5.74, 6) is -1.26. The van der Waals surface area contributed by atoms with Gasteiger partial charge in [0.1, 0.15) is 18.2 Å². The molecule has 0 bridgehead atoms. The van der Waals surface area contributed by atoms with E-state index in [0.717, 1.165) is 0 Å². The van der Waals surface area contributed by atoms with Gasteiger partial charge in [0.2, 0.25) is 5.91 Å². The summed E-state index contributed by atoms with van der Waals surface area (Å²) in [7, 11) is 0. The molecule has 3 aromatic carbocycles. The van der Waals surface area contributed by atoms with Crippen molar-refractivity contribution < 1.29 is 13.6 Å². The van der Waals surface area contributed by atoms with Crippen LogP contribution >= 0.6 is 0 Å². The molecule has 1 amide bonds. The molecule has 0 aliphatic heterocycles. The number of anilines is 1. The summed E-state index contributed by atoms with van der Waals surface area (Å²) < 4.78 is 28.4. The fourth-order valence-electron chi connectivity index (χ4n) is 3.15. The average Bonchev–Trinajstić information content (AvgIpc) is 2.67. The van der Waals surface area contributed by atoms with Gasteiger partial charge in [0.25, 0.3) is 0 Å². The molecular formula is C21H14F2N2O2. The fourth-order valence-corrected chi connectivity index (χ4v) is 3.15. The van der Waals surface area contributed by atoms with Crippen LogP contribution in [0.4, 0.5) is 14.5 Å². The smallest absolute Gasteiger partial charge is 0.244 e. The van der Waals surface area contributed by atoms with Crippen LogP contribution in [-0.4, -0.2) is 10.5 Å². The number of carbonyl (C=O) groups is 1. The highest BCUT2D eigenvalue weighted by Gasteiger charge is 2.14. The lowest BCUT2D eigenvalue weighted by atomic mass is 10.1. The number of benzene rings is 3. The fraction of sp³-hybridized carbons (Fsp3) is 0.0476. The molecule has 27 heavy (non-hydrogen) atoms. The SMILES string of the molecule is O=C(Cn1c2ccccc2c(=O)c2cc(F)ccc21)Nc1ccc(F)cc1. The van der Waals surface area contributed by atoms with Crippen molar-refractivity contribution in [2.24, 2.45) is 0 Å². The van der Waals surface area contributed by atoms with E-state index in [1.165, 1.54) is 42.5 Å². The van der Waals surface area contributed by atoms with E-state index in [2.05, 4.69) is 5.32 Å². The first-order valence-electron chi connectivity index (χ1n) is 8.29. The van der Waals surface area contributed by atoms with Gasteiger partial charge in [-0.15, -0.1) is 0 Å². The van der Waals surface area contributed by atoms with Crippen LogP contribution in [0, 0.1) is 11.6 Å². The van der Waals surface area contributed by atoms with E-state index in [0.29, 0.717) is 22.1 Å². The number of amides is 1. The number of fused-ring (bicyclic) bond motifs is 2. The van der Waals surface area contributed by atoms with Crippen LogP contribution in [0.1, 0.15) is 0 Å².